The summed E-state index contributed by atoms with van der Waals surface area (Å²) in [4.78, 5) is 11.7. The highest BCUT2D eigenvalue weighted by molar-refractivity contribution is 7.86. The minimum Gasteiger partial charge on any atom is -0.462 e. The summed E-state index contributed by atoms with van der Waals surface area (Å²) in [5.41, 5.74) is -1.62. The van der Waals surface area contributed by atoms with Crippen molar-refractivity contribution >= 4 is 16.1 Å². The van der Waals surface area contributed by atoms with E-state index in [0.717, 1.165) is 12.1 Å². The van der Waals surface area contributed by atoms with Gasteiger partial charge in [-0.15, -0.1) is 0 Å². The smallest absolute Gasteiger partial charge is 0.416 e. The van der Waals surface area contributed by atoms with Crippen LogP contribution in [-0.2, 0) is 30.0 Å². The Kier molecular flexibility index (Phi) is 7.24. The van der Waals surface area contributed by atoms with Gasteiger partial charge in [0.2, 0.25) is 0 Å². The average Bonchev–Trinajstić information content (AvgIpc) is 2.57. The lowest BCUT2D eigenvalue weighted by Crippen LogP contribution is -2.31. The summed E-state index contributed by atoms with van der Waals surface area (Å²) < 4.78 is 71.8. The zero-order chi connectivity index (χ0) is 20.2. The van der Waals surface area contributed by atoms with Crippen LogP contribution in [0.4, 0.5) is 13.2 Å². The highest BCUT2D eigenvalue weighted by Gasteiger charge is 2.32. The molecule has 26 heavy (non-hydrogen) atoms. The van der Waals surface area contributed by atoms with E-state index in [9.17, 15) is 26.4 Å². The fourth-order valence-electron chi connectivity index (χ4n) is 2.02. The first-order valence-electron chi connectivity index (χ1n) is 8.13. The van der Waals surface area contributed by atoms with Gasteiger partial charge in [0.15, 0.2) is 0 Å². The molecule has 9 heteroatoms. The summed E-state index contributed by atoms with van der Waals surface area (Å²) in [6.45, 7) is 6.55. The Bertz CT molecular complexity index is 707. The first-order valence-corrected chi connectivity index (χ1v) is 9.54. The van der Waals surface area contributed by atoms with Crippen molar-refractivity contribution < 1.29 is 35.3 Å². The Labute approximate surface area is 151 Å². The molecule has 0 N–H and O–H groups in total. The second kappa shape index (κ2) is 8.39. The lowest BCUT2D eigenvalue weighted by atomic mass is 9.85. The fourth-order valence-corrected chi connectivity index (χ4v) is 3.08. The first-order chi connectivity index (χ1) is 11.9. The van der Waals surface area contributed by atoms with Crippen molar-refractivity contribution in [2.24, 2.45) is 5.41 Å². The van der Waals surface area contributed by atoms with Crippen molar-refractivity contribution in [1.29, 1.82) is 0 Å². The molecule has 5 nitrogen and oxygen atoms in total. The van der Waals surface area contributed by atoms with Crippen LogP contribution in [0.2, 0.25) is 0 Å². The number of benzene rings is 1. The van der Waals surface area contributed by atoms with Gasteiger partial charge in [-0.1, -0.05) is 13.8 Å². The van der Waals surface area contributed by atoms with Crippen LogP contribution in [0.5, 0.6) is 0 Å². The quantitative estimate of drug-likeness (QED) is 0.487. The standard InChI is InChI=1S/C17H23F3O5S/c1-5-16(4,6-2)15(21)24-11-12(3)25-26(22,23)14-9-7-13(8-10-14)17(18,19)20/h7-10,12H,5-6,11H2,1-4H3. The second-order valence-corrected chi connectivity index (χ2v) is 7.82. The molecule has 1 rings (SSSR count). The van der Waals surface area contributed by atoms with Gasteiger partial charge in [-0.25, -0.2) is 0 Å². The number of hydrogen-bond donors (Lipinski definition) is 0. The molecule has 0 aromatic heterocycles. The van der Waals surface area contributed by atoms with Crippen LogP contribution in [-0.4, -0.2) is 27.1 Å². The van der Waals surface area contributed by atoms with E-state index < -0.39 is 44.2 Å². The van der Waals surface area contributed by atoms with Crippen molar-refractivity contribution in [2.45, 2.75) is 57.7 Å². The molecule has 0 bridgehead atoms. The summed E-state index contributed by atoms with van der Waals surface area (Å²) in [5.74, 6) is -0.454. The molecule has 0 fully saturated rings. The molecule has 0 heterocycles. The maximum atomic E-state index is 12.5. The molecule has 1 unspecified atom stereocenters. The van der Waals surface area contributed by atoms with Gasteiger partial charge in [0.05, 0.1) is 15.9 Å². The Morgan fingerprint density at radius 2 is 1.62 bits per heavy atom. The predicted molar refractivity (Wildman–Crippen MR) is 88.8 cm³/mol. The fraction of sp³-hybridized carbons (Fsp3) is 0.588. The molecule has 0 aliphatic carbocycles. The van der Waals surface area contributed by atoms with Crippen LogP contribution in [0.3, 0.4) is 0 Å². The molecule has 0 aliphatic heterocycles. The van der Waals surface area contributed by atoms with E-state index in [-0.39, 0.29) is 6.61 Å². The van der Waals surface area contributed by atoms with Gasteiger partial charge >= 0.3 is 12.1 Å². The Morgan fingerprint density at radius 1 is 1.12 bits per heavy atom. The summed E-state index contributed by atoms with van der Waals surface area (Å²) in [6.07, 6.45) is -4.40. The van der Waals surface area contributed by atoms with Gasteiger partial charge in [0.25, 0.3) is 10.1 Å². The van der Waals surface area contributed by atoms with E-state index in [4.69, 9.17) is 8.92 Å². The highest BCUT2D eigenvalue weighted by Crippen LogP contribution is 2.30. The zero-order valence-electron chi connectivity index (χ0n) is 15.1. The molecular formula is C17H23F3O5S. The van der Waals surface area contributed by atoms with Crippen LogP contribution in [0.1, 0.15) is 46.1 Å². The molecule has 0 saturated heterocycles. The van der Waals surface area contributed by atoms with E-state index in [2.05, 4.69) is 0 Å². The zero-order valence-corrected chi connectivity index (χ0v) is 15.9. The van der Waals surface area contributed by atoms with E-state index >= 15 is 0 Å². The SMILES string of the molecule is CCC(C)(CC)C(=O)OCC(C)OS(=O)(=O)c1ccc(C(F)(F)F)cc1. The molecule has 0 saturated carbocycles. The lowest BCUT2D eigenvalue weighted by molar-refractivity contribution is -0.157. The van der Waals surface area contributed by atoms with Crippen LogP contribution in [0.15, 0.2) is 29.2 Å². The number of carbonyl (C=O) groups is 1. The minimum absolute atomic E-state index is 0.283. The Hall–Kier alpha value is -1.61. The minimum atomic E-state index is -4.56. The number of hydrogen-bond acceptors (Lipinski definition) is 5. The maximum Gasteiger partial charge on any atom is 0.416 e. The van der Waals surface area contributed by atoms with Crippen molar-refractivity contribution in [2.75, 3.05) is 6.61 Å². The van der Waals surface area contributed by atoms with Gasteiger partial charge in [-0.3, -0.25) is 8.98 Å². The number of esters is 1. The van der Waals surface area contributed by atoms with Crippen LogP contribution < -0.4 is 0 Å². The summed E-state index contributed by atoms with van der Waals surface area (Å²) in [6, 6.07) is 2.97. The van der Waals surface area contributed by atoms with Crippen molar-refractivity contribution in [3.63, 3.8) is 0 Å². The average molecular weight is 396 g/mol. The van der Waals surface area contributed by atoms with Gasteiger partial charge < -0.3 is 4.74 Å². The Morgan fingerprint density at radius 3 is 2.04 bits per heavy atom. The normalized spacial score (nSPS) is 14.1. The predicted octanol–water partition coefficient (Wildman–Crippen LogP) is 4.17. The molecule has 0 radical (unpaired) electrons. The molecule has 1 aromatic rings. The topological polar surface area (TPSA) is 69.7 Å². The van der Waals surface area contributed by atoms with Crippen molar-refractivity contribution in [3.05, 3.63) is 29.8 Å². The maximum absolute atomic E-state index is 12.5. The largest absolute Gasteiger partial charge is 0.462 e. The third-order valence-electron chi connectivity index (χ3n) is 4.26. The molecule has 1 atom stereocenters. The van der Waals surface area contributed by atoms with E-state index in [1.54, 1.807) is 6.92 Å². The van der Waals surface area contributed by atoms with Crippen LogP contribution in [0.25, 0.3) is 0 Å². The van der Waals surface area contributed by atoms with E-state index in [1.807, 2.05) is 13.8 Å². The van der Waals surface area contributed by atoms with Gasteiger partial charge in [-0.2, -0.15) is 21.6 Å². The molecule has 148 valence electrons. The third kappa shape index (κ3) is 5.70. The molecule has 0 aliphatic rings. The molecule has 0 spiro atoms. The van der Waals surface area contributed by atoms with Gasteiger partial charge in [0, 0.05) is 0 Å². The van der Waals surface area contributed by atoms with Crippen LogP contribution in [0, 0.1) is 5.41 Å². The van der Waals surface area contributed by atoms with E-state index in [1.165, 1.54) is 6.92 Å². The number of carbonyl (C=O) groups excluding carboxylic acids is 1. The highest BCUT2D eigenvalue weighted by atomic mass is 32.2. The van der Waals surface area contributed by atoms with E-state index in [0.29, 0.717) is 25.0 Å². The van der Waals surface area contributed by atoms with Crippen molar-refractivity contribution in [3.8, 4) is 0 Å². The number of halogens is 3. The number of ether oxygens (including phenoxy) is 1. The van der Waals surface area contributed by atoms with Gasteiger partial charge in [-0.05, 0) is 51.0 Å². The molecule has 1 aromatic carbocycles. The van der Waals surface area contributed by atoms with Crippen molar-refractivity contribution in [1.82, 2.24) is 0 Å². The van der Waals surface area contributed by atoms with Crippen LogP contribution >= 0.6 is 0 Å². The molecule has 0 amide bonds. The monoisotopic (exact) mass is 396 g/mol. The lowest BCUT2D eigenvalue weighted by Gasteiger charge is -2.25. The van der Waals surface area contributed by atoms with Gasteiger partial charge in [0.1, 0.15) is 12.7 Å². The number of alkyl halides is 3. The number of rotatable bonds is 8. The second-order valence-electron chi connectivity index (χ2n) is 6.25. The summed E-state index contributed by atoms with van der Waals surface area (Å²) >= 11 is 0. The molecular weight excluding hydrogens is 373 g/mol. The summed E-state index contributed by atoms with van der Waals surface area (Å²) in [5, 5.41) is 0. The first kappa shape index (κ1) is 22.4. The third-order valence-corrected chi connectivity index (χ3v) is 5.70. The Balaban J connectivity index is 2.73. The summed E-state index contributed by atoms with van der Waals surface area (Å²) in [7, 11) is -4.27.